The summed E-state index contributed by atoms with van der Waals surface area (Å²) in [4.78, 5) is 9.21. The molecule has 3 rings (SSSR count). The molecule has 0 saturated carbocycles. The molecule has 0 N–H and O–H groups in total. The van der Waals surface area contributed by atoms with Gasteiger partial charge in [0.2, 0.25) is 0 Å². The van der Waals surface area contributed by atoms with Crippen LogP contribution in [0, 0.1) is 5.82 Å². The highest BCUT2D eigenvalue weighted by Gasteiger charge is 2.22. The number of hydrogen-bond donors (Lipinski definition) is 0. The molecule has 0 bridgehead atoms. The number of ether oxygens (including phenoxy) is 1. The smallest absolute Gasteiger partial charge is 0.166 e. The quantitative estimate of drug-likeness (QED) is 0.843. The minimum atomic E-state index is -0.314. The van der Waals surface area contributed by atoms with Crippen molar-refractivity contribution in [3.63, 3.8) is 0 Å². The van der Waals surface area contributed by atoms with Crippen LogP contribution < -0.4 is 4.74 Å². The van der Waals surface area contributed by atoms with Gasteiger partial charge >= 0.3 is 0 Å². The number of aliphatic imine (C=N–C) groups is 2. The lowest BCUT2D eigenvalue weighted by Crippen LogP contribution is -2.09. The largest absolute Gasteiger partial charge is 0.496 e. The Morgan fingerprint density at radius 2 is 1.71 bits per heavy atom. The van der Waals surface area contributed by atoms with Crippen molar-refractivity contribution in [3.05, 3.63) is 65.5 Å². The van der Waals surface area contributed by atoms with Crippen LogP contribution in [0.2, 0.25) is 0 Å². The molecule has 0 radical (unpaired) electrons. The van der Waals surface area contributed by atoms with E-state index in [1.807, 2.05) is 31.2 Å². The number of halogens is 1. The van der Waals surface area contributed by atoms with Crippen LogP contribution in [-0.2, 0) is 0 Å². The number of benzene rings is 2. The standard InChI is InChI=1S/C17H15FN2O/c1-11-16(14-5-3-4-6-15(14)21-2)20-17(19-11)12-7-9-13(18)10-8-12/h3-10,17H,1-2H3/t17-/m1/s1. The molecule has 0 aliphatic carbocycles. The predicted octanol–water partition coefficient (Wildman–Crippen LogP) is 3.80. The van der Waals surface area contributed by atoms with Crippen molar-refractivity contribution in [2.45, 2.75) is 13.1 Å². The van der Waals surface area contributed by atoms with E-state index in [2.05, 4.69) is 9.98 Å². The first-order valence-electron chi connectivity index (χ1n) is 6.70. The Bertz CT molecular complexity index is 720. The van der Waals surface area contributed by atoms with E-state index in [1.165, 1.54) is 12.1 Å². The molecule has 0 amide bonds. The average molecular weight is 282 g/mol. The number of nitrogens with zero attached hydrogens (tertiary/aromatic N) is 2. The summed E-state index contributed by atoms with van der Waals surface area (Å²) < 4.78 is 18.4. The average Bonchev–Trinajstić information content (AvgIpc) is 2.89. The van der Waals surface area contributed by atoms with Crippen LogP contribution in [0.3, 0.4) is 0 Å². The van der Waals surface area contributed by atoms with E-state index in [-0.39, 0.29) is 12.0 Å². The Kier molecular flexibility index (Phi) is 3.52. The van der Waals surface area contributed by atoms with Crippen LogP contribution in [0.25, 0.3) is 0 Å². The van der Waals surface area contributed by atoms with Gasteiger partial charge in [0.05, 0.1) is 18.5 Å². The molecule has 1 heterocycles. The lowest BCUT2D eigenvalue weighted by molar-refractivity contribution is 0.414. The van der Waals surface area contributed by atoms with Gasteiger partial charge in [0.15, 0.2) is 6.17 Å². The number of methoxy groups -OCH3 is 1. The summed E-state index contributed by atoms with van der Waals surface area (Å²) >= 11 is 0. The molecule has 0 unspecified atom stereocenters. The zero-order chi connectivity index (χ0) is 14.8. The third-order valence-corrected chi connectivity index (χ3v) is 3.44. The van der Waals surface area contributed by atoms with E-state index in [9.17, 15) is 4.39 Å². The van der Waals surface area contributed by atoms with Gasteiger partial charge in [-0.25, -0.2) is 4.39 Å². The maximum Gasteiger partial charge on any atom is 0.166 e. The molecule has 4 heteroatoms. The van der Waals surface area contributed by atoms with Gasteiger partial charge in [-0.1, -0.05) is 24.3 Å². The van der Waals surface area contributed by atoms with Gasteiger partial charge < -0.3 is 4.74 Å². The van der Waals surface area contributed by atoms with E-state index < -0.39 is 0 Å². The lowest BCUT2D eigenvalue weighted by atomic mass is 10.1. The summed E-state index contributed by atoms with van der Waals surface area (Å²) in [6.45, 7) is 1.93. The highest BCUT2D eigenvalue weighted by Crippen LogP contribution is 2.29. The fourth-order valence-corrected chi connectivity index (χ4v) is 2.38. The summed E-state index contributed by atoms with van der Waals surface area (Å²) in [5.74, 6) is 0.511. The van der Waals surface area contributed by atoms with Crippen LogP contribution in [0.1, 0.15) is 24.2 Å². The van der Waals surface area contributed by atoms with Gasteiger partial charge in [0, 0.05) is 5.56 Å². The second kappa shape index (κ2) is 5.48. The maximum absolute atomic E-state index is 13.0. The van der Waals surface area contributed by atoms with Gasteiger partial charge in [0.25, 0.3) is 0 Å². The Morgan fingerprint density at radius 1 is 1.00 bits per heavy atom. The Balaban J connectivity index is 1.99. The molecule has 1 aliphatic heterocycles. The zero-order valence-electron chi connectivity index (χ0n) is 11.9. The number of rotatable bonds is 3. The SMILES string of the molecule is COc1ccccc1C1=N[C@H](c2ccc(F)cc2)N=C1C. The highest BCUT2D eigenvalue weighted by atomic mass is 19.1. The van der Waals surface area contributed by atoms with Gasteiger partial charge in [-0.3, -0.25) is 9.98 Å². The van der Waals surface area contributed by atoms with Crippen LogP contribution in [0.15, 0.2) is 58.5 Å². The maximum atomic E-state index is 13.0. The number of hydrogen-bond acceptors (Lipinski definition) is 3. The van der Waals surface area contributed by atoms with Crippen LogP contribution in [0.5, 0.6) is 5.75 Å². The van der Waals surface area contributed by atoms with Crippen molar-refractivity contribution < 1.29 is 9.13 Å². The highest BCUT2D eigenvalue weighted by molar-refractivity contribution is 6.49. The van der Waals surface area contributed by atoms with E-state index >= 15 is 0 Å². The topological polar surface area (TPSA) is 34.0 Å². The summed E-state index contributed by atoms with van der Waals surface area (Å²) in [6.07, 6.45) is -0.314. The van der Waals surface area contributed by atoms with Crippen molar-refractivity contribution in [1.82, 2.24) is 0 Å². The molecule has 0 saturated heterocycles. The monoisotopic (exact) mass is 282 g/mol. The van der Waals surface area contributed by atoms with E-state index in [4.69, 9.17) is 4.74 Å². The Morgan fingerprint density at radius 3 is 2.43 bits per heavy atom. The van der Waals surface area contributed by atoms with E-state index in [0.717, 1.165) is 28.3 Å². The third-order valence-electron chi connectivity index (χ3n) is 3.44. The lowest BCUT2D eigenvalue weighted by Gasteiger charge is -2.08. The molecule has 0 aromatic heterocycles. The Hall–Kier alpha value is -2.49. The molecular formula is C17H15FN2O. The zero-order valence-corrected chi connectivity index (χ0v) is 11.9. The molecule has 1 aliphatic rings. The molecule has 106 valence electrons. The van der Waals surface area contributed by atoms with Crippen molar-refractivity contribution in [2.75, 3.05) is 7.11 Å². The summed E-state index contributed by atoms with van der Waals surface area (Å²) in [5, 5.41) is 0. The molecule has 3 nitrogen and oxygen atoms in total. The predicted molar refractivity (Wildman–Crippen MR) is 81.8 cm³/mol. The molecule has 21 heavy (non-hydrogen) atoms. The second-order valence-corrected chi connectivity index (χ2v) is 4.82. The van der Waals surface area contributed by atoms with Crippen LogP contribution in [-0.4, -0.2) is 18.5 Å². The van der Waals surface area contributed by atoms with Gasteiger partial charge in [0.1, 0.15) is 11.6 Å². The minimum Gasteiger partial charge on any atom is -0.496 e. The molecular weight excluding hydrogens is 267 g/mol. The van der Waals surface area contributed by atoms with E-state index in [0.29, 0.717) is 0 Å². The molecule has 0 spiro atoms. The summed E-state index contributed by atoms with van der Waals surface area (Å²) in [6, 6.07) is 14.0. The Labute approximate surface area is 122 Å². The van der Waals surface area contributed by atoms with Crippen molar-refractivity contribution in [1.29, 1.82) is 0 Å². The first kappa shape index (κ1) is 13.5. The summed E-state index contributed by atoms with van der Waals surface area (Å²) in [7, 11) is 1.64. The van der Waals surface area contributed by atoms with E-state index in [1.54, 1.807) is 19.2 Å². The van der Waals surface area contributed by atoms with Gasteiger partial charge in [-0.2, -0.15) is 0 Å². The van der Waals surface area contributed by atoms with Crippen molar-refractivity contribution >= 4 is 11.4 Å². The van der Waals surface area contributed by atoms with Crippen LogP contribution >= 0.6 is 0 Å². The molecule has 0 fully saturated rings. The second-order valence-electron chi connectivity index (χ2n) is 4.82. The van der Waals surface area contributed by atoms with Gasteiger partial charge in [-0.05, 0) is 36.8 Å². The third kappa shape index (κ3) is 2.57. The summed E-state index contributed by atoms with van der Waals surface area (Å²) in [5.41, 5.74) is 3.47. The van der Waals surface area contributed by atoms with Crippen molar-refractivity contribution in [3.8, 4) is 5.75 Å². The number of para-hydroxylation sites is 1. The molecule has 1 atom stereocenters. The first-order chi connectivity index (χ1) is 10.2. The first-order valence-corrected chi connectivity index (χ1v) is 6.70. The fourth-order valence-electron chi connectivity index (χ4n) is 2.38. The normalized spacial score (nSPS) is 17.4. The minimum absolute atomic E-state index is 0.258. The molecule has 2 aromatic carbocycles. The molecule has 2 aromatic rings. The fraction of sp³-hybridized carbons (Fsp3) is 0.176. The van der Waals surface area contributed by atoms with Crippen molar-refractivity contribution in [2.24, 2.45) is 9.98 Å². The van der Waals surface area contributed by atoms with Gasteiger partial charge in [-0.15, -0.1) is 0 Å². The van der Waals surface area contributed by atoms with Crippen LogP contribution in [0.4, 0.5) is 4.39 Å².